The Bertz CT molecular complexity index is 1200. The van der Waals surface area contributed by atoms with Crippen LogP contribution in [0.5, 0.6) is 0 Å². The monoisotopic (exact) mass is 432 g/mol. The van der Waals surface area contributed by atoms with Crippen LogP contribution in [-0.4, -0.2) is 55.6 Å². The maximum atomic E-state index is 12.2. The quantitative estimate of drug-likeness (QED) is 0.582. The lowest BCUT2D eigenvalue weighted by molar-refractivity contribution is -0.119. The normalized spacial score (nSPS) is 26.2. The van der Waals surface area contributed by atoms with E-state index in [0.29, 0.717) is 29.7 Å². The molecule has 166 valence electrons. The Kier molecular flexibility index (Phi) is 4.20. The van der Waals surface area contributed by atoms with E-state index in [1.165, 1.54) is 12.8 Å². The summed E-state index contributed by atoms with van der Waals surface area (Å²) in [5, 5.41) is 14.4. The van der Waals surface area contributed by atoms with Gasteiger partial charge in [-0.1, -0.05) is 6.07 Å². The minimum absolute atomic E-state index is 0.0136. The number of fused-ring (bicyclic) bond motifs is 4. The molecular formula is C23H28N8O. The minimum Gasteiger partial charge on any atom is -0.364 e. The first-order chi connectivity index (χ1) is 15.4. The van der Waals surface area contributed by atoms with Crippen molar-refractivity contribution in [1.82, 2.24) is 24.5 Å². The Balaban J connectivity index is 1.23. The van der Waals surface area contributed by atoms with Crippen LogP contribution < -0.4 is 16.0 Å². The maximum Gasteiger partial charge on any atom is 0.247 e. The Labute approximate surface area is 186 Å². The van der Waals surface area contributed by atoms with Crippen molar-refractivity contribution in [3.63, 3.8) is 0 Å². The third-order valence-electron chi connectivity index (χ3n) is 7.46. The van der Waals surface area contributed by atoms with E-state index in [2.05, 4.69) is 38.0 Å². The Morgan fingerprint density at radius 3 is 2.75 bits per heavy atom. The third-order valence-corrected chi connectivity index (χ3v) is 7.46. The molecule has 9 nitrogen and oxygen atoms in total. The summed E-state index contributed by atoms with van der Waals surface area (Å²) in [5.41, 5.74) is 2.84. The number of aromatic nitrogens is 4. The number of rotatable bonds is 4. The van der Waals surface area contributed by atoms with Gasteiger partial charge in [0, 0.05) is 41.9 Å². The number of piperidine rings is 1. The van der Waals surface area contributed by atoms with Crippen molar-refractivity contribution in [1.29, 1.82) is 0 Å². The Morgan fingerprint density at radius 2 is 1.97 bits per heavy atom. The van der Waals surface area contributed by atoms with Gasteiger partial charge in [0.2, 0.25) is 11.9 Å². The molecule has 3 N–H and O–H groups in total. The van der Waals surface area contributed by atoms with Gasteiger partial charge in [0.1, 0.15) is 0 Å². The first-order valence-electron chi connectivity index (χ1n) is 11.3. The molecule has 32 heavy (non-hydrogen) atoms. The average Bonchev–Trinajstić information content (AvgIpc) is 3.31. The highest BCUT2D eigenvalue weighted by Crippen LogP contribution is 2.39. The number of nitrogens with one attached hydrogen (secondary N) is 3. The van der Waals surface area contributed by atoms with Crippen LogP contribution >= 0.6 is 0 Å². The van der Waals surface area contributed by atoms with Gasteiger partial charge in [-0.2, -0.15) is 4.98 Å². The highest BCUT2D eigenvalue weighted by molar-refractivity contribution is 6.06. The van der Waals surface area contributed by atoms with Crippen LogP contribution in [0.3, 0.4) is 0 Å². The second-order valence-electron chi connectivity index (χ2n) is 9.81. The van der Waals surface area contributed by atoms with Gasteiger partial charge >= 0.3 is 0 Å². The summed E-state index contributed by atoms with van der Waals surface area (Å²) in [4.78, 5) is 24.0. The molecule has 1 amide bonds. The van der Waals surface area contributed by atoms with E-state index < -0.39 is 5.41 Å². The van der Waals surface area contributed by atoms with E-state index in [0.717, 1.165) is 35.6 Å². The predicted molar refractivity (Wildman–Crippen MR) is 123 cm³/mol. The molecule has 2 bridgehead atoms. The van der Waals surface area contributed by atoms with Gasteiger partial charge in [0.15, 0.2) is 11.5 Å². The van der Waals surface area contributed by atoms with Crippen LogP contribution in [0.2, 0.25) is 0 Å². The highest BCUT2D eigenvalue weighted by Gasteiger charge is 2.39. The van der Waals surface area contributed by atoms with Gasteiger partial charge in [0.25, 0.3) is 0 Å². The van der Waals surface area contributed by atoms with Crippen molar-refractivity contribution in [2.24, 2.45) is 0 Å². The summed E-state index contributed by atoms with van der Waals surface area (Å²) >= 11 is 0. The molecule has 2 aromatic heterocycles. The first-order valence-corrected chi connectivity index (χ1v) is 11.3. The molecule has 6 rings (SSSR count). The molecule has 0 saturated carbocycles. The van der Waals surface area contributed by atoms with Gasteiger partial charge in [-0.05, 0) is 64.3 Å². The molecular weight excluding hydrogens is 404 g/mol. The van der Waals surface area contributed by atoms with E-state index in [9.17, 15) is 4.79 Å². The minimum atomic E-state index is -0.519. The zero-order valence-electron chi connectivity index (χ0n) is 18.6. The largest absolute Gasteiger partial charge is 0.364 e. The van der Waals surface area contributed by atoms with Crippen molar-refractivity contribution in [2.45, 2.75) is 63.1 Å². The molecule has 3 atom stereocenters. The lowest BCUT2D eigenvalue weighted by Crippen LogP contribution is -2.44. The van der Waals surface area contributed by atoms with Crippen molar-refractivity contribution in [2.75, 3.05) is 23.0 Å². The fourth-order valence-corrected chi connectivity index (χ4v) is 5.50. The molecule has 0 aliphatic carbocycles. The van der Waals surface area contributed by atoms with Gasteiger partial charge in [-0.3, -0.25) is 4.79 Å². The average molecular weight is 433 g/mol. The summed E-state index contributed by atoms with van der Waals surface area (Å²) in [6.45, 7) is 3.87. The summed E-state index contributed by atoms with van der Waals surface area (Å²) in [6, 6.07) is 7.59. The van der Waals surface area contributed by atoms with E-state index in [1.54, 1.807) is 10.7 Å². The molecule has 2 fully saturated rings. The van der Waals surface area contributed by atoms with Crippen LogP contribution in [-0.2, 0) is 10.2 Å². The maximum absolute atomic E-state index is 12.2. The van der Waals surface area contributed by atoms with Gasteiger partial charge < -0.3 is 20.9 Å². The molecule has 1 aromatic carbocycles. The third kappa shape index (κ3) is 3.02. The summed E-state index contributed by atoms with van der Waals surface area (Å²) in [6.07, 6.45) is 8.40. The van der Waals surface area contributed by atoms with Crippen LogP contribution in [0.25, 0.3) is 5.65 Å². The van der Waals surface area contributed by atoms with Crippen LogP contribution in [0.4, 0.5) is 23.1 Å². The van der Waals surface area contributed by atoms with Crippen LogP contribution in [0.1, 0.15) is 45.1 Å². The highest BCUT2D eigenvalue weighted by atomic mass is 16.2. The fraction of sp³-hybridized carbons (Fsp3) is 0.478. The summed E-state index contributed by atoms with van der Waals surface area (Å²) in [5.74, 6) is 1.28. The number of nitrogens with zero attached hydrogens (tertiary/aromatic N) is 5. The van der Waals surface area contributed by atoms with E-state index >= 15 is 0 Å². The number of amides is 1. The molecule has 3 aliphatic heterocycles. The van der Waals surface area contributed by atoms with Crippen molar-refractivity contribution >= 4 is 34.7 Å². The smallest absolute Gasteiger partial charge is 0.247 e. The molecule has 3 aliphatic rings. The SMILES string of the molecule is CN1C2CC[C@@H]1CC(Nc1nccn3nc(Nc4ccc5c(c4)NC(=O)C5(C)C)nc13)C2. The lowest BCUT2D eigenvalue weighted by atomic mass is 9.86. The zero-order valence-corrected chi connectivity index (χ0v) is 18.6. The Hall–Kier alpha value is -3.20. The summed E-state index contributed by atoms with van der Waals surface area (Å²) in [7, 11) is 2.25. The Morgan fingerprint density at radius 1 is 1.19 bits per heavy atom. The van der Waals surface area contributed by atoms with Gasteiger partial charge in [0.05, 0.1) is 5.41 Å². The first kappa shape index (κ1) is 19.5. The number of carbonyl (C=O) groups excluding carboxylic acids is 1. The topological polar surface area (TPSA) is 99.5 Å². The molecule has 5 heterocycles. The number of benzene rings is 1. The second-order valence-corrected chi connectivity index (χ2v) is 9.81. The molecule has 3 aromatic rings. The number of hydrogen-bond donors (Lipinski definition) is 3. The number of carbonyl (C=O) groups is 1. The molecule has 0 spiro atoms. The van der Waals surface area contributed by atoms with E-state index in [1.807, 2.05) is 38.2 Å². The van der Waals surface area contributed by atoms with Crippen LogP contribution in [0.15, 0.2) is 30.6 Å². The molecule has 2 saturated heterocycles. The van der Waals surface area contributed by atoms with Crippen molar-refractivity contribution < 1.29 is 4.79 Å². The molecule has 2 unspecified atom stereocenters. The van der Waals surface area contributed by atoms with Crippen LogP contribution in [0, 0.1) is 0 Å². The number of hydrogen-bond acceptors (Lipinski definition) is 7. The van der Waals surface area contributed by atoms with Crippen molar-refractivity contribution in [3.8, 4) is 0 Å². The van der Waals surface area contributed by atoms with Gasteiger partial charge in [-0.15, -0.1) is 5.10 Å². The molecule has 0 radical (unpaired) electrons. The zero-order chi connectivity index (χ0) is 22.0. The van der Waals surface area contributed by atoms with E-state index in [-0.39, 0.29) is 5.91 Å². The molecule has 9 heteroatoms. The van der Waals surface area contributed by atoms with Gasteiger partial charge in [-0.25, -0.2) is 9.50 Å². The van der Waals surface area contributed by atoms with Crippen molar-refractivity contribution in [3.05, 3.63) is 36.2 Å². The lowest BCUT2D eigenvalue weighted by Gasteiger charge is -2.36. The predicted octanol–water partition coefficient (Wildman–Crippen LogP) is 3.13. The van der Waals surface area contributed by atoms with E-state index in [4.69, 9.17) is 4.98 Å². The second kappa shape index (κ2) is 6.90. The fourth-order valence-electron chi connectivity index (χ4n) is 5.50. The summed E-state index contributed by atoms with van der Waals surface area (Å²) < 4.78 is 1.75. The standard InChI is InChI=1S/C23H28N8O/c1-23(2)17-7-4-13(12-18(17)27-21(23)32)26-22-28-20-19(24-8-9-31(20)29-22)25-14-10-15-5-6-16(11-14)30(15)3/h4,7-9,12,14-16H,5-6,10-11H2,1-3H3,(H,24,25)(H,26,29)(H,27,32)/t14?,15-,16?/m1/s1. The number of anilines is 4.